The lowest BCUT2D eigenvalue weighted by atomic mass is 10.1. The Hall–Kier alpha value is -1.66. The molecule has 1 amide bonds. The standard InChI is InChI=1S/C22H38N2O3Si/c1-17(24-20(25)27-21(2,3)4)15-23-19(18-13-11-10-12-14-18)16-26-28(8,9)22(5,6)7/h10-15,17,19H,16H2,1-9H3,(H,24,25)/t17-,19+/m0/s1. The van der Waals surface area contributed by atoms with Gasteiger partial charge in [0.15, 0.2) is 8.32 Å². The third-order valence-electron chi connectivity index (χ3n) is 4.83. The van der Waals surface area contributed by atoms with Crippen molar-refractivity contribution in [2.24, 2.45) is 4.99 Å². The molecule has 0 spiro atoms. The van der Waals surface area contributed by atoms with Crippen LogP contribution in [0.4, 0.5) is 4.79 Å². The Morgan fingerprint density at radius 3 is 2.21 bits per heavy atom. The second kappa shape index (κ2) is 9.70. The van der Waals surface area contributed by atoms with Gasteiger partial charge in [0.1, 0.15) is 5.60 Å². The van der Waals surface area contributed by atoms with Gasteiger partial charge in [-0.15, -0.1) is 0 Å². The molecular weight excluding hydrogens is 368 g/mol. The minimum Gasteiger partial charge on any atom is -0.444 e. The number of carbonyl (C=O) groups is 1. The summed E-state index contributed by atoms with van der Waals surface area (Å²) in [5.74, 6) is 0. The maximum Gasteiger partial charge on any atom is 0.408 e. The molecule has 0 fully saturated rings. The van der Waals surface area contributed by atoms with E-state index in [1.807, 2.05) is 45.9 Å². The summed E-state index contributed by atoms with van der Waals surface area (Å²) in [6.45, 7) is 19.1. The molecule has 0 bridgehead atoms. The van der Waals surface area contributed by atoms with Crippen LogP contribution >= 0.6 is 0 Å². The average Bonchev–Trinajstić information content (AvgIpc) is 2.52. The molecule has 1 aromatic carbocycles. The molecule has 1 rings (SSSR count). The Morgan fingerprint density at radius 1 is 1.14 bits per heavy atom. The monoisotopic (exact) mass is 406 g/mol. The van der Waals surface area contributed by atoms with Crippen molar-refractivity contribution < 1.29 is 14.0 Å². The second-order valence-corrected chi connectivity index (χ2v) is 14.5. The number of nitrogens with zero attached hydrogens (tertiary/aromatic N) is 1. The van der Waals surface area contributed by atoms with Crippen LogP contribution in [0.1, 0.15) is 60.1 Å². The van der Waals surface area contributed by atoms with Crippen molar-refractivity contribution in [3.63, 3.8) is 0 Å². The number of alkyl carbamates (subject to hydrolysis) is 1. The highest BCUT2D eigenvalue weighted by Gasteiger charge is 2.37. The number of rotatable bonds is 7. The fourth-order valence-corrected chi connectivity index (χ4v) is 3.18. The first-order valence-corrected chi connectivity index (χ1v) is 12.8. The second-order valence-electron chi connectivity index (χ2n) is 9.73. The van der Waals surface area contributed by atoms with Gasteiger partial charge in [0.05, 0.1) is 18.7 Å². The molecule has 0 aliphatic heterocycles. The summed E-state index contributed by atoms with van der Waals surface area (Å²) < 4.78 is 11.7. The Kier molecular flexibility index (Phi) is 8.44. The van der Waals surface area contributed by atoms with E-state index >= 15 is 0 Å². The predicted molar refractivity (Wildman–Crippen MR) is 120 cm³/mol. The van der Waals surface area contributed by atoms with Gasteiger partial charge in [-0.1, -0.05) is 51.1 Å². The van der Waals surface area contributed by atoms with E-state index in [-0.39, 0.29) is 17.1 Å². The quantitative estimate of drug-likeness (QED) is 0.464. The van der Waals surface area contributed by atoms with Crippen molar-refractivity contribution in [2.75, 3.05) is 6.61 Å². The minimum atomic E-state index is -1.87. The van der Waals surface area contributed by atoms with Crippen LogP contribution in [0.15, 0.2) is 35.3 Å². The molecule has 0 radical (unpaired) electrons. The summed E-state index contributed by atoms with van der Waals surface area (Å²) in [7, 11) is -1.87. The fourth-order valence-electron chi connectivity index (χ4n) is 2.17. The van der Waals surface area contributed by atoms with Gasteiger partial charge in [-0.3, -0.25) is 4.99 Å². The van der Waals surface area contributed by atoms with Crippen LogP contribution in [0, 0.1) is 0 Å². The number of hydrogen-bond acceptors (Lipinski definition) is 4. The molecule has 1 aromatic rings. The van der Waals surface area contributed by atoms with Crippen molar-refractivity contribution in [2.45, 2.75) is 84.3 Å². The zero-order chi connectivity index (χ0) is 21.6. The molecule has 0 heterocycles. The smallest absolute Gasteiger partial charge is 0.408 e. The van der Waals surface area contributed by atoms with Gasteiger partial charge >= 0.3 is 6.09 Å². The van der Waals surface area contributed by atoms with E-state index < -0.39 is 20.0 Å². The molecule has 0 aliphatic carbocycles. The molecule has 0 unspecified atom stereocenters. The van der Waals surface area contributed by atoms with Crippen LogP contribution < -0.4 is 5.32 Å². The van der Waals surface area contributed by atoms with Crippen LogP contribution in [0.3, 0.4) is 0 Å². The molecule has 5 nitrogen and oxygen atoms in total. The Balaban J connectivity index is 2.84. The van der Waals surface area contributed by atoms with Crippen molar-refractivity contribution in [1.29, 1.82) is 0 Å². The summed E-state index contributed by atoms with van der Waals surface area (Å²) in [6, 6.07) is 9.77. The normalized spacial score (nSPS) is 15.3. The zero-order valence-corrected chi connectivity index (χ0v) is 20.0. The first kappa shape index (κ1) is 24.4. The third kappa shape index (κ3) is 8.57. The van der Waals surface area contributed by atoms with Gasteiger partial charge in [0, 0.05) is 6.21 Å². The number of ether oxygens (including phenoxy) is 1. The molecule has 0 aromatic heterocycles. The van der Waals surface area contributed by atoms with E-state index in [1.54, 1.807) is 6.21 Å². The highest BCUT2D eigenvalue weighted by atomic mass is 28.4. The van der Waals surface area contributed by atoms with Gasteiger partial charge in [-0.25, -0.2) is 4.79 Å². The van der Waals surface area contributed by atoms with E-state index in [0.717, 1.165) is 5.56 Å². The van der Waals surface area contributed by atoms with E-state index in [1.165, 1.54) is 0 Å². The number of nitrogens with one attached hydrogen (secondary N) is 1. The number of benzene rings is 1. The minimum absolute atomic E-state index is 0.113. The molecule has 0 saturated carbocycles. The molecule has 1 N–H and O–H groups in total. The van der Waals surface area contributed by atoms with Crippen LogP contribution in [0.5, 0.6) is 0 Å². The largest absolute Gasteiger partial charge is 0.444 e. The summed E-state index contributed by atoms with van der Waals surface area (Å²) >= 11 is 0. The zero-order valence-electron chi connectivity index (χ0n) is 19.0. The van der Waals surface area contributed by atoms with Crippen molar-refractivity contribution >= 4 is 20.6 Å². The molecular formula is C22H38N2O3Si. The lowest BCUT2D eigenvalue weighted by Crippen LogP contribution is -2.41. The number of carbonyl (C=O) groups excluding carboxylic acids is 1. The van der Waals surface area contributed by atoms with Gasteiger partial charge in [-0.05, 0) is 51.4 Å². The van der Waals surface area contributed by atoms with Gasteiger partial charge < -0.3 is 14.5 Å². The molecule has 6 heteroatoms. The van der Waals surface area contributed by atoms with E-state index in [0.29, 0.717) is 6.61 Å². The summed E-state index contributed by atoms with van der Waals surface area (Å²) in [4.78, 5) is 16.7. The van der Waals surface area contributed by atoms with Crippen molar-refractivity contribution in [3.05, 3.63) is 35.9 Å². The van der Waals surface area contributed by atoms with Crippen LogP contribution in [-0.2, 0) is 9.16 Å². The average molecular weight is 407 g/mol. The number of amides is 1. The predicted octanol–water partition coefficient (Wildman–Crippen LogP) is 5.73. The Morgan fingerprint density at radius 2 is 1.71 bits per heavy atom. The van der Waals surface area contributed by atoms with Crippen molar-refractivity contribution in [1.82, 2.24) is 5.32 Å². The molecule has 158 valence electrons. The highest BCUT2D eigenvalue weighted by molar-refractivity contribution is 6.74. The number of aliphatic imine (C=N–C) groups is 1. The third-order valence-corrected chi connectivity index (χ3v) is 9.33. The van der Waals surface area contributed by atoms with Crippen molar-refractivity contribution in [3.8, 4) is 0 Å². The molecule has 0 saturated heterocycles. The first-order valence-electron chi connectivity index (χ1n) is 9.93. The maximum absolute atomic E-state index is 11.9. The summed E-state index contributed by atoms with van der Waals surface area (Å²) in [5, 5.41) is 2.94. The maximum atomic E-state index is 11.9. The fraction of sp³-hybridized carbons (Fsp3) is 0.636. The van der Waals surface area contributed by atoms with E-state index in [9.17, 15) is 4.79 Å². The van der Waals surface area contributed by atoms with Crippen LogP contribution in [0.2, 0.25) is 18.1 Å². The highest BCUT2D eigenvalue weighted by Crippen LogP contribution is 2.37. The molecule has 0 aliphatic rings. The summed E-state index contributed by atoms with van der Waals surface area (Å²) in [5.41, 5.74) is 0.576. The lowest BCUT2D eigenvalue weighted by Gasteiger charge is -2.37. The SMILES string of the molecule is C[C@@H](C=N[C@H](CO[Si](C)(C)C(C)(C)C)c1ccccc1)NC(=O)OC(C)(C)C. The topological polar surface area (TPSA) is 59.9 Å². The van der Waals surface area contributed by atoms with Gasteiger partial charge in [0.25, 0.3) is 0 Å². The lowest BCUT2D eigenvalue weighted by molar-refractivity contribution is 0.0522. The number of hydrogen-bond donors (Lipinski definition) is 1. The van der Waals surface area contributed by atoms with E-state index in [4.69, 9.17) is 14.2 Å². The summed E-state index contributed by atoms with van der Waals surface area (Å²) in [6.07, 6.45) is 1.32. The van der Waals surface area contributed by atoms with Crippen LogP contribution in [-0.4, -0.2) is 38.9 Å². The molecule has 2 atom stereocenters. The van der Waals surface area contributed by atoms with Gasteiger partial charge in [-0.2, -0.15) is 0 Å². The van der Waals surface area contributed by atoms with Crippen LogP contribution in [0.25, 0.3) is 0 Å². The Labute approximate surface area is 172 Å². The van der Waals surface area contributed by atoms with Gasteiger partial charge in [0.2, 0.25) is 0 Å². The van der Waals surface area contributed by atoms with E-state index in [2.05, 4.69) is 51.3 Å². The first-order chi connectivity index (χ1) is 12.7. The molecule has 28 heavy (non-hydrogen) atoms. The Bertz CT molecular complexity index is 646.